The SMILES string of the molecule is NC(=O)c1cccc(CS(=O)c2ccc(N)cc2Br)c1. The lowest BCUT2D eigenvalue weighted by Crippen LogP contribution is -2.11. The average Bonchev–Trinajstić information content (AvgIpc) is 2.38. The van der Waals surface area contributed by atoms with Gasteiger partial charge in [0.05, 0.1) is 21.4 Å². The van der Waals surface area contributed by atoms with Gasteiger partial charge < -0.3 is 11.5 Å². The van der Waals surface area contributed by atoms with Crippen LogP contribution in [0.25, 0.3) is 0 Å². The minimum Gasteiger partial charge on any atom is -0.399 e. The van der Waals surface area contributed by atoms with E-state index in [-0.39, 0.29) is 0 Å². The zero-order valence-corrected chi connectivity index (χ0v) is 12.9. The highest BCUT2D eigenvalue weighted by molar-refractivity contribution is 9.10. The molecule has 0 fully saturated rings. The number of rotatable bonds is 4. The van der Waals surface area contributed by atoms with Crippen LogP contribution in [0.5, 0.6) is 0 Å². The summed E-state index contributed by atoms with van der Waals surface area (Å²) in [6.45, 7) is 0. The van der Waals surface area contributed by atoms with E-state index < -0.39 is 16.7 Å². The number of anilines is 1. The molecule has 0 bridgehead atoms. The summed E-state index contributed by atoms with van der Waals surface area (Å²) in [6.07, 6.45) is 0. The third-order valence-corrected chi connectivity index (χ3v) is 5.07. The van der Waals surface area contributed by atoms with Crippen molar-refractivity contribution in [3.63, 3.8) is 0 Å². The number of amides is 1. The van der Waals surface area contributed by atoms with E-state index in [9.17, 15) is 9.00 Å². The van der Waals surface area contributed by atoms with E-state index in [0.29, 0.717) is 26.4 Å². The zero-order chi connectivity index (χ0) is 14.7. The van der Waals surface area contributed by atoms with Crippen LogP contribution in [0, 0.1) is 0 Å². The molecule has 1 unspecified atom stereocenters. The highest BCUT2D eigenvalue weighted by Crippen LogP contribution is 2.24. The summed E-state index contributed by atoms with van der Waals surface area (Å²) in [4.78, 5) is 11.8. The Hall–Kier alpha value is -1.66. The molecule has 0 radical (unpaired) electrons. The molecule has 2 aromatic rings. The third-order valence-electron chi connectivity index (χ3n) is 2.71. The molecular weight excluding hydrogens is 340 g/mol. The number of carbonyl (C=O) groups excluding carboxylic acids is 1. The van der Waals surface area contributed by atoms with E-state index in [1.165, 1.54) is 0 Å². The first-order valence-electron chi connectivity index (χ1n) is 5.79. The van der Waals surface area contributed by atoms with Crippen LogP contribution in [-0.4, -0.2) is 10.1 Å². The van der Waals surface area contributed by atoms with E-state index in [2.05, 4.69) is 15.9 Å². The molecule has 4 N–H and O–H groups in total. The molecule has 0 spiro atoms. The van der Waals surface area contributed by atoms with E-state index in [1.54, 1.807) is 36.4 Å². The van der Waals surface area contributed by atoms with Crippen LogP contribution in [-0.2, 0) is 16.6 Å². The van der Waals surface area contributed by atoms with Crippen LogP contribution >= 0.6 is 15.9 Å². The molecule has 6 heteroatoms. The quantitative estimate of drug-likeness (QED) is 0.828. The maximum Gasteiger partial charge on any atom is 0.248 e. The van der Waals surface area contributed by atoms with Crippen molar-refractivity contribution in [2.24, 2.45) is 5.73 Å². The number of hydrogen-bond acceptors (Lipinski definition) is 3. The molecule has 1 atom stereocenters. The maximum atomic E-state index is 12.4. The van der Waals surface area contributed by atoms with Gasteiger partial charge in [-0.15, -0.1) is 0 Å². The first kappa shape index (κ1) is 14.7. The number of benzene rings is 2. The van der Waals surface area contributed by atoms with Crippen molar-refractivity contribution in [2.45, 2.75) is 10.6 Å². The highest BCUT2D eigenvalue weighted by Gasteiger charge is 2.10. The summed E-state index contributed by atoms with van der Waals surface area (Å²) in [5.41, 5.74) is 12.7. The second-order valence-electron chi connectivity index (χ2n) is 4.24. The molecule has 4 nitrogen and oxygen atoms in total. The Labute approximate surface area is 127 Å². The molecule has 0 saturated carbocycles. The Morgan fingerprint density at radius 3 is 2.60 bits per heavy atom. The van der Waals surface area contributed by atoms with E-state index in [4.69, 9.17) is 11.5 Å². The molecule has 0 aliphatic heterocycles. The molecule has 1 amide bonds. The molecule has 0 saturated heterocycles. The number of nitrogens with two attached hydrogens (primary N) is 2. The molecular formula is C14H13BrN2O2S. The Bertz CT molecular complexity index is 689. The molecule has 2 rings (SSSR count). The highest BCUT2D eigenvalue weighted by atomic mass is 79.9. The van der Waals surface area contributed by atoms with Crippen molar-refractivity contribution in [3.05, 3.63) is 58.1 Å². The molecule has 0 aliphatic rings. The summed E-state index contributed by atoms with van der Waals surface area (Å²) in [5, 5.41) is 0. The van der Waals surface area contributed by atoms with Crippen LogP contribution in [0.3, 0.4) is 0 Å². The lowest BCUT2D eigenvalue weighted by molar-refractivity contribution is 0.1000. The van der Waals surface area contributed by atoms with Gasteiger partial charge in [0.2, 0.25) is 5.91 Å². The number of nitrogen functional groups attached to an aromatic ring is 1. The molecule has 0 aliphatic carbocycles. The van der Waals surface area contributed by atoms with Crippen molar-refractivity contribution in [1.82, 2.24) is 0 Å². The summed E-state index contributed by atoms with van der Waals surface area (Å²) >= 11 is 3.35. The molecule has 2 aromatic carbocycles. The first-order valence-corrected chi connectivity index (χ1v) is 7.90. The predicted molar refractivity (Wildman–Crippen MR) is 83.6 cm³/mol. The normalized spacial score (nSPS) is 12.1. The number of hydrogen-bond donors (Lipinski definition) is 2. The zero-order valence-electron chi connectivity index (χ0n) is 10.5. The number of carbonyl (C=O) groups is 1. The van der Waals surface area contributed by atoms with Crippen LogP contribution in [0.2, 0.25) is 0 Å². The summed E-state index contributed by atoms with van der Waals surface area (Å²) < 4.78 is 13.1. The Kier molecular flexibility index (Phi) is 4.57. The Morgan fingerprint density at radius 1 is 1.20 bits per heavy atom. The Balaban J connectivity index is 2.23. The van der Waals surface area contributed by atoms with Crippen LogP contribution in [0.15, 0.2) is 51.8 Å². The van der Waals surface area contributed by atoms with Gasteiger partial charge in [-0.1, -0.05) is 12.1 Å². The minimum atomic E-state index is -1.23. The van der Waals surface area contributed by atoms with Gasteiger partial charge in [-0.05, 0) is 51.8 Å². The molecule has 0 heterocycles. The lowest BCUT2D eigenvalue weighted by Gasteiger charge is -2.07. The number of halogens is 1. The number of primary amides is 1. The summed E-state index contributed by atoms with van der Waals surface area (Å²) in [6, 6.07) is 12.0. The standard InChI is InChI=1S/C14H13BrN2O2S/c15-12-7-11(16)4-5-13(12)20(19)8-9-2-1-3-10(6-9)14(17)18/h1-7H,8,16H2,(H2,17,18). The Morgan fingerprint density at radius 2 is 1.95 bits per heavy atom. The van der Waals surface area contributed by atoms with Crippen molar-refractivity contribution in [3.8, 4) is 0 Å². The fraction of sp³-hybridized carbons (Fsp3) is 0.0714. The van der Waals surface area contributed by atoms with Gasteiger partial charge in [-0.25, -0.2) is 0 Å². The van der Waals surface area contributed by atoms with Crippen LogP contribution in [0.4, 0.5) is 5.69 Å². The van der Waals surface area contributed by atoms with Gasteiger partial charge in [0, 0.05) is 15.7 Å². The van der Waals surface area contributed by atoms with Gasteiger partial charge in [0.15, 0.2) is 0 Å². The smallest absolute Gasteiger partial charge is 0.248 e. The summed E-state index contributed by atoms with van der Waals surface area (Å²) in [7, 11) is -1.23. The van der Waals surface area contributed by atoms with Crippen molar-refractivity contribution < 1.29 is 9.00 Å². The lowest BCUT2D eigenvalue weighted by atomic mass is 10.1. The predicted octanol–water partition coefficient (Wildman–Crippen LogP) is 2.44. The fourth-order valence-electron chi connectivity index (χ4n) is 1.75. The molecule has 0 aromatic heterocycles. The van der Waals surface area contributed by atoms with Gasteiger partial charge in [0.25, 0.3) is 0 Å². The van der Waals surface area contributed by atoms with Crippen molar-refractivity contribution in [2.75, 3.05) is 5.73 Å². The largest absolute Gasteiger partial charge is 0.399 e. The van der Waals surface area contributed by atoms with Gasteiger partial charge in [-0.3, -0.25) is 9.00 Å². The monoisotopic (exact) mass is 352 g/mol. The average molecular weight is 353 g/mol. The van der Waals surface area contributed by atoms with Gasteiger partial charge in [0.1, 0.15) is 0 Å². The molecule has 20 heavy (non-hydrogen) atoms. The van der Waals surface area contributed by atoms with Gasteiger partial charge in [-0.2, -0.15) is 0 Å². The maximum absolute atomic E-state index is 12.4. The van der Waals surface area contributed by atoms with E-state index in [1.807, 2.05) is 6.07 Å². The van der Waals surface area contributed by atoms with Crippen molar-refractivity contribution in [1.29, 1.82) is 0 Å². The summed E-state index contributed by atoms with van der Waals surface area (Å²) in [5.74, 6) is -0.185. The second kappa shape index (κ2) is 6.19. The second-order valence-corrected chi connectivity index (χ2v) is 6.52. The van der Waals surface area contributed by atoms with E-state index >= 15 is 0 Å². The molecule has 104 valence electrons. The third kappa shape index (κ3) is 3.46. The van der Waals surface area contributed by atoms with Crippen molar-refractivity contribution >= 4 is 38.3 Å². The topological polar surface area (TPSA) is 86.2 Å². The van der Waals surface area contributed by atoms with Crippen LogP contribution in [0.1, 0.15) is 15.9 Å². The fourth-order valence-corrected chi connectivity index (χ4v) is 3.82. The van der Waals surface area contributed by atoms with E-state index in [0.717, 1.165) is 5.56 Å². The van der Waals surface area contributed by atoms with Crippen LogP contribution < -0.4 is 11.5 Å². The first-order chi connectivity index (χ1) is 9.47. The van der Waals surface area contributed by atoms with Gasteiger partial charge >= 0.3 is 0 Å². The minimum absolute atomic E-state index is 0.309.